The maximum absolute atomic E-state index is 14.1. The van der Waals surface area contributed by atoms with E-state index < -0.39 is 0 Å². The van der Waals surface area contributed by atoms with Crippen molar-refractivity contribution in [3.05, 3.63) is 64.5 Å². The number of hydrogen-bond acceptors (Lipinski definition) is 3. The average Bonchev–Trinajstić information content (AvgIpc) is 2.97. The summed E-state index contributed by atoms with van der Waals surface area (Å²) in [6.45, 7) is 7.75. The van der Waals surface area contributed by atoms with Crippen LogP contribution in [-0.4, -0.2) is 44.2 Å². The zero-order chi connectivity index (χ0) is 20.6. The van der Waals surface area contributed by atoms with Crippen LogP contribution in [0.2, 0.25) is 0 Å². The quantitative estimate of drug-likeness (QED) is 0.784. The summed E-state index contributed by atoms with van der Waals surface area (Å²) in [6.07, 6.45) is 1.84. The van der Waals surface area contributed by atoms with E-state index in [0.29, 0.717) is 6.54 Å². The standard InChI is InChI=1S/C24H29FN2O2/c1-17-10-18(2)12-19(11-17)14-26-8-6-24(7-9-26)16-27(23(28)15-29-3)22-5-4-20(25)13-21(22)24/h4-5,10-13H,6-9,14-16H2,1-3H3. The van der Waals surface area contributed by atoms with Crippen molar-refractivity contribution >= 4 is 11.6 Å². The first-order chi connectivity index (χ1) is 13.9. The molecule has 2 heterocycles. The van der Waals surface area contributed by atoms with Gasteiger partial charge in [0, 0.05) is 31.3 Å². The van der Waals surface area contributed by atoms with Gasteiger partial charge in [0.15, 0.2) is 0 Å². The number of fused-ring (bicyclic) bond motifs is 2. The Bertz CT molecular complexity index is 899. The molecule has 2 aliphatic rings. The third-order valence-electron chi connectivity index (χ3n) is 6.35. The van der Waals surface area contributed by atoms with Gasteiger partial charge in [-0.2, -0.15) is 0 Å². The van der Waals surface area contributed by atoms with Crippen LogP contribution in [0.3, 0.4) is 0 Å². The molecular formula is C24H29FN2O2. The number of nitrogens with zero attached hydrogens (tertiary/aromatic N) is 2. The molecule has 0 bridgehead atoms. The minimum absolute atomic E-state index is 0.0474. The summed E-state index contributed by atoms with van der Waals surface area (Å²) >= 11 is 0. The van der Waals surface area contributed by atoms with Crippen molar-refractivity contribution in [2.45, 2.75) is 38.6 Å². The van der Waals surface area contributed by atoms with Crippen LogP contribution in [0.5, 0.6) is 0 Å². The number of amides is 1. The second-order valence-corrected chi connectivity index (χ2v) is 8.63. The number of carbonyl (C=O) groups excluding carboxylic acids is 1. The van der Waals surface area contributed by atoms with Gasteiger partial charge in [0.25, 0.3) is 5.91 Å². The lowest BCUT2D eigenvalue weighted by Gasteiger charge is -2.40. The van der Waals surface area contributed by atoms with E-state index in [1.54, 1.807) is 17.0 Å². The highest BCUT2D eigenvalue weighted by atomic mass is 19.1. The van der Waals surface area contributed by atoms with E-state index in [-0.39, 0.29) is 23.7 Å². The SMILES string of the molecule is COCC(=O)N1CC2(CCN(Cc3cc(C)cc(C)c3)CC2)c2cc(F)ccc21. The smallest absolute Gasteiger partial charge is 0.252 e. The Morgan fingerprint density at radius 2 is 1.79 bits per heavy atom. The highest BCUT2D eigenvalue weighted by Crippen LogP contribution is 2.47. The molecule has 1 spiro atoms. The average molecular weight is 397 g/mol. The number of benzene rings is 2. The maximum Gasteiger partial charge on any atom is 0.252 e. The monoisotopic (exact) mass is 396 g/mol. The van der Waals surface area contributed by atoms with Gasteiger partial charge in [-0.1, -0.05) is 29.3 Å². The first-order valence-electron chi connectivity index (χ1n) is 10.3. The first-order valence-corrected chi connectivity index (χ1v) is 10.3. The summed E-state index contributed by atoms with van der Waals surface area (Å²) in [5.74, 6) is -0.295. The van der Waals surface area contributed by atoms with E-state index in [4.69, 9.17) is 4.74 Å². The van der Waals surface area contributed by atoms with Crippen LogP contribution in [0.25, 0.3) is 0 Å². The predicted octanol–water partition coefficient (Wildman–Crippen LogP) is 3.97. The lowest BCUT2D eigenvalue weighted by molar-refractivity contribution is -0.122. The van der Waals surface area contributed by atoms with E-state index in [2.05, 4.69) is 36.9 Å². The molecule has 2 aromatic carbocycles. The lowest BCUT2D eigenvalue weighted by Crippen LogP contribution is -2.46. The Balaban J connectivity index is 1.52. The van der Waals surface area contributed by atoms with Crippen LogP contribution >= 0.6 is 0 Å². The first kappa shape index (κ1) is 20.0. The molecule has 5 heteroatoms. The van der Waals surface area contributed by atoms with E-state index in [1.807, 2.05) is 0 Å². The number of carbonyl (C=O) groups is 1. The molecule has 1 fully saturated rings. The van der Waals surface area contributed by atoms with Crippen molar-refractivity contribution in [2.75, 3.05) is 38.3 Å². The summed E-state index contributed by atoms with van der Waals surface area (Å²) in [7, 11) is 1.53. The van der Waals surface area contributed by atoms with Crippen LogP contribution in [-0.2, 0) is 21.5 Å². The summed E-state index contributed by atoms with van der Waals surface area (Å²) in [6, 6.07) is 11.5. The molecule has 2 aliphatic heterocycles. The summed E-state index contributed by atoms with van der Waals surface area (Å²) in [5.41, 5.74) is 5.58. The Hall–Kier alpha value is -2.24. The highest BCUT2D eigenvalue weighted by molar-refractivity contribution is 5.97. The molecule has 0 atom stereocenters. The number of halogens is 1. The number of methoxy groups -OCH3 is 1. The zero-order valence-corrected chi connectivity index (χ0v) is 17.5. The van der Waals surface area contributed by atoms with Crippen molar-refractivity contribution in [1.82, 2.24) is 4.90 Å². The van der Waals surface area contributed by atoms with Gasteiger partial charge < -0.3 is 9.64 Å². The third-order valence-corrected chi connectivity index (χ3v) is 6.35. The van der Waals surface area contributed by atoms with Crippen molar-refractivity contribution < 1.29 is 13.9 Å². The molecule has 29 heavy (non-hydrogen) atoms. The molecule has 0 saturated carbocycles. The number of likely N-dealkylation sites (tertiary alicyclic amines) is 1. The molecule has 154 valence electrons. The van der Waals surface area contributed by atoms with Crippen LogP contribution in [0.15, 0.2) is 36.4 Å². The van der Waals surface area contributed by atoms with Gasteiger partial charge in [0.2, 0.25) is 0 Å². The molecular weight excluding hydrogens is 367 g/mol. The molecule has 2 aromatic rings. The second-order valence-electron chi connectivity index (χ2n) is 8.63. The summed E-state index contributed by atoms with van der Waals surface area (Å²) in [4.78, 5) is 16.8. The van der Waals surface area contributed by atoms with Crippen LogP contribution in [0.1, 0.15) is 35.1 Å². The number of aryl methyl sites for hydroxylation is 2. The van der Waals surface area contributed by atoms with Crippen molar-refractivity contribution in [1.29, 1.82) is 0 Å². The molecule has 0 aromatic heterocycles. The fourth-order valence-corrected chi connectivity index (χ4v) is 5.05. The van der Waals surface area contributed by atoms with E-state index in [9.17, 15) is 9.18 Å². The largest absolute Gasteiger partial charge is 0.375 e. The molecule has 4 nitrogen and oxygen atoms in total. The Kier molecular flexibility index (Phi) is 5.45. The molecule has 1 saturated heterocycles. The van der Waals surface area contributed by atoms with Crippen LogP contribution in [0.4, 0.5) is 10.1 Å². The molecule has 4 rings (SSSR count). The van der Waals surface area contributed by atoms with Crippen LogP contribution in [0, 0.1) is 19.7 Å². The molecule has 0 aliphatic carbocycles. The van der Waals surface area contributed by atoms with Crippen molar-refractivity contribution in [3.63, 3.8) is 0 Å². The molecule has 1 amide bonds. The van der Waals surface area contributed by atoms with E-state index in [0.717, 1.165) is 43.7 Å². The fourth-order valence-electron chi connectivity index (χ4n) is 5.05. The van der Waals surface area contributed by atoms with Gasteiger partial charge in [-0.3, -0.25) is 9.69 Å². The normalized spacial score (nSPS) is 18.3. The van der Waals surface area contributed by atoms with Gasteiger partial charge >= 0.3 is 0 Å². The molecule has 0 unspecified atom stereocenters. The van der Waals surface area contributed by atoms with Crippen LogP contribution < -0.4 is 4.90 Å². The number of anilines is 1. The van der Waals surface area contributed by atoms with Gasteiger partial charge in [-0.05, 0) is 69.1 Å². The highest BCUT2D eigenvalue weighted by Gasteiger charge is 2.46. The summed E-state index contributed by atoms with van der Waals surface area (Å²) < 4.78 is 19.1. The number of ether oxygens (including phenoxy) is 1. The van der Waals surface area contributed by atoms with E-state index in [1.165, 1.54) is 29.9 Å². The molecule has 0 radical (unpaired) electrons. The van der Waals surface area contributed by atoms with E-state index >= 15 is 0 Å². The van der Waals surface area contributed by atoms with Gasteiger partial charge in [-0.25, -0.2) is 4.39 Å². The predicted molar refractivity (Wildman–Crippen MR) is 113 cm³/mol. The third kappa shape index (κ3) is 3.94. The van der Waals surface area contributed by atoms with Gasteiger partial charge in [-0.15, -0.1) is 0 Å². The van der Waals surface area contributed by atoms with Gasteiger partial charge in [0.1, 0.15) is 12.4 Å². The minimum atomic E-state index is -0.234. The van der Waals surface area contributed by atoms with Crippen molar-refractivity contribution in [3.8, 4) is 0 Å². The lowest BCUT2D eigenvalue weighted by atomic mass is 9.74. The number of hydrogen-bond donors (Lipinski definition) is 0. The maximum atomic E-state index is 14.1. The topological polar surface area (TPSA) is 32.8 Å². The Morgan fingerprint density at radius 3 is 2.45 bits per heavy atom. The Morgan fingerprint density at radius 1 is 1.10 bits per heavy atom. The van der Waals surface area contributed by atoms with Gasteiger partial charge in [0.05, 0.1) is 0 Å². The summed E-state index contributed by atoms with van der Waals surface area (Å²) in [5, 5.41) is 0. The van der Waals surface area contributed by atoms with Crippen molar-refractivity contribution in [2.24, 2.45) is 0 Å². The molecule has 0 N–H and O–H groups in total. The fraction of sp³-hybridized carbons (Fsp3) is 0.458. The zero-order valence-electron chi connectivity index (χ0n) is 17.5. The number of piperidine rings is 1. The second kappa shape index (κ2) is 7.88. The minimum Gasteiger partial charge on any atom is -0.375 e. The number of rotatable bonds is 4. The Labute approximate surface area is 172 Å².